The Bertz CT molecular complexity index is 471. The van der Waals surface area contributed by atoms with Crippen LogP contribution in [0, 0.1) is 5.41 Å². The molecule has 0 spiro atoms. The van der Waals surface area contributed by atoms with Crippen LogP contribution in [0.2, 0.25) is 5.02 Å². The number of benzene rings is 1. The Balaban J connectivity index is 1.99. The average Bonchev–Trinajstić information content (AvgIpc) is 2.89. The van der Waals surface area contributed by atoms with Gasteiger partial charge in [-0.2, -0.15) is 0 Å². The lowest BCUT2D eigenvalue weighted by Gasteiger charge is -2.26. The highest BCUT2D eigenvalue weighted by Gasteiger charge is 2.33. The van der Waals surface area contributed by atoms with Crippen LogP contribution in [0.15, 0.2) is 18.2 Å². The number of rotatable bonds is 4. The monoisotopic (exact) mass is 301 g/mol. The van der Waals surface area contributed by atoms with Gasteiger partial charge in [-0.05, 0) is 31.0 Å². The van der Waals surface area contributed by atoms with Gasteiger partial charge in [0.05, 0.1) is 5.02 Å². The third kappa shape index (κ3) is 3.34. The molecule has 0 aromatic heterocycles. The minimum absolute atomic E-state index is 0.0220. The maximum absolute atomic E-state index is 12.0. The fourth-order valence-electron chi connectivity index (χ4n) is 2.50. The van der Waals surface area contributed by atoms with Crippen molar-refractivity contribution in [1.82, 2.24) is 5.32 Å². The zero-order chi connectivity index (χ0) is 13.9. The third-order valence-electron chi connectivity index (χ3n) is 3.78. The molecular formula is C14H17Cl2NO2. The SMILES string of the molecule is O=C(NCC1(CCl)CCCC1)c1ccc(O)c(Cl)c1. The predicted molar refractivity (Wildman–Crippen MR) is 77.1 cm³/mol. The minimum Gasteiger partial charge on any atom is -0.506 e. The summed E-state index contributed by atoms with van der Waals surface area (Å²) < 4.78 is 0. The molecule has 5 heteroatoms. The fraction of sp³-hybridized carbons (Fsp3) is 0.500. The summed E-state index contributed by atoms with van der Waals surface area (Å²) in [6, 6.07) is 4.44. The molecule has 2 rings (SSSR count). The van der Waals surface area contributed by atoms with E-state index in [2.05, 4.69) is 5.32 Å². The van der Waals surface area contributed by atoms with Gasteiger partial charge in [-0.3, -0.25) is 4.79 Å². The predicted octanol–water partition coefficient (Wildman–Crippen LogP) is 3.57. The van der Waals surface area contributed by atoms with E-state index in [1.165, 1.54) is 25.0 Å². The van der Waals surface area contributed by atoms with Gasteiger partial charge >= 0.3 is 0 Å². The minimum atomic E-state index is -0.182. The number of amides is 1. The maximum Gasteiger partial charge on any atom is 0.251 e. The molecule has 1 amide bonds. The summed E-state index contributed by atoms with van der Waals surface area (Å²) in [5.74, 6) is 0.369. The van der Waals surface area contributed by atoms with Crippen LogP contribution in [0.4, 0.5) is 0 Å². The van der Waals surface area contributed by atoms with Crippen LogP contribution in [0.3, 0.4) is 0 Å². The van der Waals surface area contributed by atoms with Gasteiger partial charge < -0.3 is 10.4 Å². The van der Waals surface area contributed by atoms with Crippen LogP contribution in [-0.2, 0) is 0 Å². The Labute approximate surface area is 122 Å². The molecule has 1 fully saturated rings. The van der Waals surface area contributed by atoms with Crippen LogP contribution >= 0.6 is 23.2 Å². The molecule has 0 heterocycles. The van der Waals surface area contributed by atoms with Gasteiger partial charge in [0.25, 0.3) is 5.91 Å². The number of phenols is 1. The van der Waals surface area contributed by atoms with Crippen molar-refractivity contribution in [2.75, 3.05) is 12.4 Å². The molecule has 0 unspecified atom stereocenters. The maximum atomic E-state index is 12.0. The van der Waals surface area contributed by atoms with E-state index in [-0.39, 0.29) is 22.1 Å². The van der Waals surface area contributed by atoms with Gasteiger partial charge in [0, 0.05) is 23.4 Å². The Morgan fingerprint density at radius 1 is 1.37 bits per heavy atom. The highest BCUT2D eigenvalue weighted by Crippen LogP contribution is 2.38. The fourth-order valence-corrected chi connectivity index (χ4v) is 3.04. The van der Waals surface area contributed by atoms with Crippen molar-refractivity contribution in [3.8, 4) is 5.75 Å². The van der Waals surface area contributed by atoms with E-state index in [9.17, 15) is 9.90 Å². The summed E-state index contributed by atoms with van der Waals surface area (Å²) in [5.41, 5.74) is 0.489. The summed E-state index contributed by atoms with van der Waals surface area (Å²) in [4.78, 5) is 12.0. The lowest BCUT2D eigenvalue weighted by Crippen LogP contribution is -2.37. The Kier molecular flexibility index (Phi) is 4.58. The molecule has 1 saturated carbocycles. The van der Waals surface area contributed by atoms with E-state index >= 15 is 0 Å². The van der Waals surface area contributed by atoms with Crippen LogP contribution in [0.5, 0.6) is 5.75 Å². The molecule has 1 aliphatic carbocycles. The Hall–Kier alpha value is -0.930. The third-order valence-corrected chi connectivity index (χ3v) is 4.65. The Morgan fingerprint density at radius 3 is 2.63 bits per heavy atom. The lowest BCUT2D eigenvalue weighted by molar-refractivity contribution is 0.0935. The number of carbonyl (C=O) groups is 1. The van der Waals surface area contributed by atoms with E-state index in [1.54, 1.807) is 6.07 Å². The molecule has 0 atom stereocenters. The zero-order valence-corrected chi connectivity index (χ0v) is 12.1. The highest BCUT2D eigenvalue weighted by molar-refractivity contribution is 6.32. The largest absolute Gasteiger partial charge is 0.506 e. The van der Waals surface area contributed by atoms with Crippen molar-refractivity contribution in [3.05, 3.63) is 28.8 Å². The number of aromatic hydroxyl groups is 1. The van der Waals surface area contributed by atoms with E-state index in [1.807, 2.05) is 0 Å². The summed E-state index contributed by atoms with van der Waals surface area (Å²) in [5, 5.41) is 12.4. The molecule has 3 nitrogen and oxygen atoms in total. The van der Waals surface area contributed by atoms with Crippen molar-refractivity contribution in [1.29, 1.82) is 0 Å². The smallest absolute Gasteiger partial charge is 0.251 e. The molecular weight excluding hydrogens is 285 g/mol. The normalized spacial score (nSPS) is 17.4. The summed E-state index contributed by atoms with van der Waals surface area (Å²) in [7, 11) is 0. The van der Waals surface area contributed by atoms with Gasteiger partial charge in [0.15, 0.2) is 0 Å². The topological polar surface area (TPSA) is 49.3 Å². The molecule has 1 aliphatic rings. The second-order valence-electron chi connectivity index (χ2n) is 5.19. The quantitative estimate of drug-likeness (QED) is 0.835. The molecule has 104 valence electrons. The second-order valence-corrected chi connectivity index (χ2v) is 5.86. The molecule has 0 bridgehead atoms. The first-order valence-corrected chi connectivity index (χ1v) is 7.30. The van der Waals surface area contributed by atoms with E-state index in [0.29, 0.717) is 18.0 Å². The number of hydrogen-bond donors (Lipinski definition) is 2. The van der Waals surface area contributed by atoms with E-state index in [0.717, 1.165) is 12.8 Å². The van der Waals surface area contributed by atoms with Gasteiger partial charge in [0.2, 0.25) is 0 Å². The van der Waals surface area contributed by atoms with Gasteiger partial charge in [-0.1, -0.05) is 24.4 Å². The number of phenolic OH excluding ortho intramolecular Hbond substituents is 1. The number of carbonyl (C=O) groups excluding carboxylic acids is 1. The van der Waals surface area contributed by atoms with Crippen molar-refractivity contribution < 1.29 is 9.90 Å². The summed E-state index contributed by atoms with van der Waals surface area (Å²) >= 11 is 11.8. The Morgan fingerprint density at radius 2 is 2.05 bits per heavy atom. The summed E-state index contributed by atoms with van der Waals surface area (Å²) in [6.07, 6.45) is 4.47. The van der Waals surface area contributed by atoms with Crippen LogP contribution in [0.1, 0.15) is 36.0 Å². The van der Waals surface area contributed by atoms with Crippen molar-refractivity contribution in [2.45, 2.75) is 25.7 Å². The molecule has 0 radical (unpaired) electrons. The first-order chi connectivity index (χ1) is 9.06. The average molecular weight is 302 g/mol. The standard InChI is InChI=1S/C14H17Cl2NO2/c15-8-14(5-1-2-6-14)9-17-13(19)10-3-4-12(18)11(16)7-10/h3-4,7,18H,1-2,5-6,8-9H2,(H,17,19). The van der Waals surface area contributed by atoms with Crippen molar-refractivity contribution >= 4 is 29.1 Å². The van der Waals surface area contributed by atoms with Crippen LogP contribution < -0.4 is 5.32 Å². The molecule has 1 aromatic rings. The van der Waals surface area contributed by atoms with Crippen molar-refractivity contribution in [2.24, 2.45) is 5.41 Å². The number of hydrogen-bond acceptors (Lipinski definition) is 2. The van der Waals surface area contributed by atoms with E-state index < -0.39 is 0 Å². The van der Waals surface area contributed by atoms with Gasteiger partial charge in [0.1, 0.15) is 5.75 Å². The van der Waals surface area contributed by atoms with Gasteiger partial charge in [-0.25, -0.2) is 0 Å². The van der Waals surface area contributed by atoms with Crippen LogP contribution in [0.25, 0.3) is 0 Å². The van der Waals surface area contributed by atoms with E-state index in [4.69, 9.17) is 23.2 Å². The number of alkyl halides is 1. The first kappa shape index (κ1) is 14.5. The van der Waals surface area contributed by atoms with Gasteiger partial charge in [-0.15, -0.1) is 11.6 Å². The van der Waals surface area contributed by atoms with Crippen molar-refractivity contribution in [3.63, 3.8) is 0 Å². The van der Waals surface area contributed by atoms with Crippen LogP contribution in [-0.4, -0.2) is 23.4 Å². The lowest BCUT2D eigenvalue weighted by atomic mass is 9.88. The molecule has 2 N–H and O–H groups in total. The highest BCUT2D eigenvalue weighted by atomic mass is 35.5. The number of nitrogens with one attached hydrogen (secondary N) is 1. The molecule has 0 saturated heterocycles. The zero-order valence-electron chi connectivity index (χ0n) is 10.6. The molecule has 0 aliphatic heterocycles. The molecule has 1 aromatic carbocycles. The second kappa shape index (κ2) is 6.02. The summed E-state index contributed by atoms with van der Waals surface area (Å²) in [6.45, 7) is 0.591. The molecule has 19 heavy (non-hydrogen) atoms. The first-order valence-electron chi connectivity index (χ1n) is 6.39. The number of halogens is 2.